The zero-order valence-corrected chi connectivity index (χ0v) is 17.7. The van der Waals surface area contributed by atoms with Crippen molar-refractivity contribution in [1.82, 2.24) is 9.55 Å². The summed E-state index contributed by atoms with van der Waals surface area (Å²) in [6.07, 6.45) is 2.45. The number of hydrogen-bond donors (Lipinski definition) is 1. The van der Waals surface area contributed by atoms with Crippen molar-refractivity contribution in [1.29, 1.82) is 0 Å². The first-order valence-electron chi connectivity index (χ1n) is 9.85. The second-order valence-corrected chi connectivity index (χ2v) is 8.15. The maximum absolute atomic E-state index is 13.0. The Balaban J connectivity index is 1.57. The van der Waals surface area contributed by atoms with Gasteiger partial charge in [0.25, 0.3) is 5.56 Å². The Morgan fingerprint density at radius 3 is 2.55 bits per heavy atom. The topological polar surface area (TPSA) is 73.4 Å². The molecule has 1 aliphatic heterocycles. The third kappa shape index (κ3) is 4.17. The molecule has 1 fully saturated rings. The molecule has 3 aromatic rings. The van der Waals surface area contributed by atoms with Gasteiger partial charge in [0.2, 0.25) is 0 Å². The molecule has 0 amide bonds. The zero-order chi connectivity index (χ0) is 20.4. The van der Waals surface area contributed by atoms with Crippen LogP contribution in [0.5, 0.6) is 0 Å². The first-order chi connectivity index (χ1) is 14.1. The van der Waals surface area contributed by atoms with Crippen molar-refractivity contribution in [2.45, 2.75) is 31.7 Å². The van der Waals surface area contributed by atoms with Crippen LogP contribution in [0.2, 0.25) is 0 Å². The second-order valence-electron chi connectivity index (χ2n) is 7.45. The largest absolute Gasteiger partial charge is 0.378 e. The number of anilines is 1. The molecule has 4 rings (SSSR count). The van der Waals surface area contributed by atoms with E-state index in [2.05, 4.69) is 35.9 Å². The fourth-order valence-corrected chi connectivity index (χ4v) is 4.46. The molecular weight excluding hydrogens is 384 g/mol. The molecule has 0 saturated carbocycles. The van der Waals surface area contributed by atoms with Crippen LogP contribution >= 0.6 is 11.9 Å². The van der Waals surface area contributed by atoms with Crippen LogP contribution in [0, 0.1) is 13.8 Å². The van der Waals surface area contributed by atoms with Gasteiger partial charge in [-0.1, -0.05) is 0 Å². The van der Waals surface area contributed by atoms with Gasteiger partial charge in [-0.05, 0) is 79.2 Å². The van der Waals surface area contributed by atoms with Gasteiger partial charge in [0.1, 0.15) is 0 Å². The predicted octanol–water partition coefficient (Wildman–Crippen LogP) is 3.06. The summed E-state index contributed by atoms with van der Waals surface area (Å²) in [5.74, 6) is 0. The standard InChI is InChI=1S/C22H26N4O2S/c1-15-11-18(29-23)12-16(2)19(15)5-6-26-14-24-21-13-17(3-4-20(21)22(26)27)25-7-9-28-10-8-25/h3-4,11-14H,5-10,23H2,1-2H3. The van der Waals surface area contributed by atoms with Crippen LogP contribution in [0.3, 0.4) is 0 Å². The van der Waals surface area contributed by atoms with Crippen molar-refractivity contribution in [3.05, 3.63) is 63.7 Å². The highest BCUT2D eigenvalue weighted by molar-refractivity contribution is 7.97. The van der Waals surface area contributed by atoms with E-state index in [0.29, 0.717) is 11.9 Å². The molecule has 0 spiro atoms. The number of aromatic nitrogens is 2. The number of nitrogens with zero attached hydrogens (tertiary/aromatic N) is 3. The van der Waals surface area contributed by atoms with Crippen molar-refractivity contribution < 1.29 is 4.74 Å². The number of ether oxygens (including phenoxy) is 1. The summed E-state index contributed by atoms with van der Waals surface area (Å²) in [6, 6.07) is 10.1. The van der Waals surface area contributed by atoms with Crippen LogP contribution in [0.4, 0.5) is 5.69 Å². The number of morpholine rings is 1. The summed E-state index contributed by atoms with van der Waals surface area (Å²) in [4.78, 5) is 20.9. The van der Waals surface area contributed by atoms with Crippen LogP contribution in [-0.2, 0) is 17.7 Å². The molecule has 6 nitrogen and oxygen atoms in total. The van der Waals surface area contributed by atoms with Crippen molar-refractivity contribution in [3.63, 3.8) is 0 Å². The summed E-state index contributed by atoms with van der Waals surface area (Å²) in [7, 11) is 0. The van der Waals surface area contributed by atoms with Crippen LogP contribution < -0.4 is 15.6 Å². The summed E-state index contributed by atoms with van der Waals surface area (Å²) in [5.41, 5.74) is 5.51. The van der Waals surface area contributed by atoms with Crippen LogP contribution in [0.1, 0.15) is 16.7 Å². The average Bonchev–Trinajstić information content (AvgIpc) is 2.74. The van der Waals surface area contributed by atoms with Crippen molar-refractivity contribution in [2.24, 2.45) is 5.14 Å². The smallest absolute Gasteiger partial charge is 0.261 e. The summed E-state index contributed by atoms with van der Waals surface area (Å²) >= 11 is 1.26. The van der Waals surface area contributed by atoms with E-state index in [1.165, 1.54) is 28.6 Å². The van der Waals surface area contributed by atoms with Gasteiger partial charge in [0.15, 0.2) is 0 Å². The average molecular weight is 411 g/mol. The van der Waals surface area contributed by atoms with E-state index in [4.69, 9.17) is 9.88 Å². The highest BCUT2D eigenvalue weighted by Crippen LogP contribution is 2.23. The molecule has 2 aromatic carbocycles. The molecule has 2 N–H and O–H groups in total. The number of fused-ring (bicyclic) bond motifs is 1. The Hall–Kier alpha value is -2.35. The number of hydrogen-bond acceptors (Lipinski definition) is 6. The Morgan fingerprint density at radius 2 is 1.86 bits per heavy atom. The first kappa shape index (κ1) is 19.9. The number of rotatable bonds is 5. The monoisotopic (exact) mass is 410 g/mol. The fraction of sp³-hybridized carbons (Fsp3) is 0.364. The third-order valence-electron chi connectivity index (χ3n) is 5.59. The molecule has 0 aliphatic carbocycles. The molecule has 1 aliphatic rings. The third-order valence-corrected chi connectivity index (χ3v) is 6.10. The van der Waals surface area contributed by atoms with E-state index < -0.39 is 0 Å². The maximum Gasteiger partial charge on any atom is 0.261 e. The molecule has 0 radical (unpaired) electrons. The SMILES string of the molecule is Cc1cc(SN)cc(C)c1CCn1cnc2cc(N3CCOCC3)ccc2c1=O. The van der Waals surface area contributed by atoms with Gasteiger partial charge >= 0.3 is 0 Å². The van der Waals surface area contributed by atoms with Crippen molar-refractivity contribution in [2.75, 3.05) is 31.2 Å². The molecule has 0 unspecified atom stereocenters. The second kappa shape index (κ2) is 8.57. The van der Waals surface area contributed by atoms with E-state index in [1.54, 1.807) is 10.9 Å². The Kier molecular flexibility index (Phi) is 5.89. The lowest BCUT2D eigenvalue weighted by Gasteiger charge is -2.28. The first-order valence-corrected chi connectivity index (χ1v) is 10.7. The van der Waals surface area contributed by atoms with E-state index in [-0.39, 0.29) is 5.56 Å². The van der Waals surface area contributed by atoms with E-state index in [9.17, 15) is 4.79 Å². The Bertz CT molecular complexity index is 1070. The van der Waals surface area contributed by atoms with Gasteiger partial charge in [0, 0.05) is 30.2 Å². The quantitative estimate of drug-likeness (QED) is 0.652. The fourth-order valence-electron chi connectivity index (χ4n) is 3.97. The molecular formula is C22H26N4O2S. The van der Waals surface area contributed by atoms with Gasteiger partial charge in [-0.25, -0.2) is 4.98 Å². The Morgan fingerprint density at radius 1 is 1.14 bits per heavy atom. The van der Waals surface area contributed by atoms with Gasteiger partial charge < -0.3 is 9.64 Å². The summed E-state index contributed by atoms with van der Waals surface area (Å²) < 4.78 is 7.13. The van der Waals surface area contributed by atoms with Crippen LogP contribution in [0.25, 0.3) is 10.9 Å². The lowest BCUT2D eigenvalue weighted by Crippen LogP contribution is -2.36. The minimum atomic E-state index is 0.00738. The van der Waals surface area contributed by atoms with Crippen LogP contribution in [0.15, 0.2) is 46.3 Å². The molecule has 7 heteroatoms. The molecule has 2 heterocycles. The number of aryl methyl sites for hydroxylation is 3. The predicted molar refractivity (Wildman–Crippen MR) is 119 cm³/mol. The Labute approximate surface area is 174 Å². The van der Waals surface area contributed by atoms with Crippen LogP contribution in [-0.4, -0.2) is 35.9 Å². The van der Waals surface area contributed by atoms with E-state index in [0.717, 1.165) is 48.8 Å². The highest BCUT2D eigenvalue weighted by Gasteiger charge is 2.13. The molecule has 1 saturated heterocycles. The van der Waals surface area contributed by atoms with E-state index in [1.807, 2.05) is 18.2 Å². The van der Waals surface area contributed by atoms with Crippen molar-refractivity contribution in [3.8, 4) is 0 Å². The highest BCUT2D eigenvalue weighted by atomic mass is 32.2. The normalized spacial score (nSPS) is 14.5. The minimum Gasteiger partial charge on any atom is -0.378 e. The van der Waals surface area contributed by atoms with Gasteiger partial charge in [-0.15, -0.1) is 0 Å². The van der Waals surface area contributed by atoms with Crippen molar-refractivity contribution >= 4 is 28.5 Å². The summed E-state index contributed by atoms with van der Waals surface area (Å²) in [5, 5.41) is 6.35. The minimum absolute atomic E-state index is 0.00738. The maximum atomic E-state index is 13.0. The lowest BCUT2D eigenvalue weighted by atomic mass is 10.00. The van der Waals surface area contributed by atoms with Gasteiger partial charge in [0.05, 0.1) is 30.4 Å². The zero-order valence-electron chi connectivity index (χ0n) is 16.9. The molecule has 1 aromatic heterocycles. The number of nitrogens with two attached hydrogens (primary N) is 1. The summed E-state index contributed by atoms with van der Waals surface area (Å²) in [6.45, 7) is 7.98. The van der Waals surface area contributed by atoms with E-state index >= 15 is 0 Å². The molecule has 0 atom stereocenters. The molecule has 29 heavy (non-hydrogen) atoms. The molecule has 0 bridgehead atoms. The van der Waals surface area contributed by atoms with Gasteiger partial charge in [-0.2, -0.15) is 0 Å². The lowest BCUT2D eigenvalue weighted by molar-refractivity contribution is 0.122. The molecule has 152 valence electrons. The van der Waals surface area contributed by atoms with Gasteiger partial charge in [-0.3, -0.25) is 14.5 Å². The number of benzene rings is 2.